The van der Waals surface area contributed by atoms with Crippen LogP contribution in [0.5, 0.6) is 0 Å². The summed E-state index contributed by atoms with van der Waals surface area (Å²) >= 11 is 1.83. The van der Waals surface area contributed by atoms with E-state index in [1.54, 1.807) is 0 Å². The number of amidine groups is 1. The number of aromatic nitrogens is 2. The van der Waals surface area contributed by atoms with Gasteiger partial charge >= 0.3 is 0 Å². The summed E-state index contributed by atoms with van der Waals surface area (Å²) < 4.78 is 1.88. The lowest BCUT2D eigenvalue weighted by Crippen LogP contribution is -2.46. The summed E-state index contributed by atoms with van der Waals surface area (Å²) in [5.41, 5.74) is 2.68. The Morgan fingerprint density at radius 3 is 2.90 bits per heavy atom. The molecule has 1 aromatic heterocycles. The monoisotopic (exact) mass is 294 g/mol. The van der Waals surface area contributed by atoms with Crippen molar-refractivity contribution < 1.29 is 0 Å². The van der Waals surface area contributed by atoms with Crippen LogP contribution in [0.3, 0.4) is 0 Å². The largest absolute Gasteiger partial charge is 0.362 e. The summed E-state index contributed by atoms with van der Waals surface area (Å²) in [6.07, 6.45) is 4.25. The molecule has 5 heteroatoms. The van der Waals surface area contributed by atoms with E-state index >= 15 is 0 Å². The van der Waals surface area contributed by atoms with E-state index in [4.69, 9.17) is 4.99 Å². The molecule has 1 aromatic rings. The second kappa shape index (κ2) is 6.20. The quantitative estimate of drug-likeness (QED) is 0.932. The number of aryl methyl sites for hydroxylation is 2. The zero-order valence-corrected chi connectivity index (χ0v) is 14.0. The molecular weight excluding hydrogens is 268 g/mol. The average Bonchev–Trinajstić information content (AvgIpc) is 2.76. The van der Waals surface area contributed by atoms with E-state index in [9.17, 15) is 0 Å². The minimum atomic E-state index is 0.282. The lowest BCUT2D eigenvalue weighted by Gasteiger charge is -2.35. The molecule has 0 amide bonds. The van der Waals surface area contributed by atoms with Crippen LogP contribution in [0.4, 0.5) is 0 Å². The molecule has 2 heterocycles. The molecule has 0 aromatic carbocycles. The summed E-state index contributed by atoms with van der Waals surface area (Å²) in [5.74, 6) is 1.15. The highest BCUT2D eigenvalue weighted by Gasteiger charge is 2.28. The van der Waals surface area contributed by atoms with Gasteiger partial charge in [0.05, 0.1) is 12.2 Å². The van der Waals surface area contributed by atoms with Gasteiger partial charge in [0.1, 0.15) is 0 Å². The van der Waals surface area contributed by atoms with Crippen molar-refractivity contribution in [1.29, 1.82) is 0 Å². The van der Waals surface area contributed by atoms with E-state index in [0.29, 0.717) is 6.04 Å². The molecule has 0 spiro atoms. The van der Waals surface area contributed by atoms with Crippen molar-refractivity contribution in [1.82, 2.24) is 15.1 Å². The van der Waals surface area contributed by atoms with Gasteiger partial charge in [-0.1, -0.05) is 39.5 Å². The molecule has 4 nitrogen and oxygen atoms in total. The topological polar surface area (TPSA) is 42.2 Å². The van der Waals surface area contributed by atoms with Gasteiger partial charge in [-0.05, 0) is 18.3 Å². The van der Waals surface area contributed by atoms with Gasteiger partial charge in [0.2, 0.25) is 0 Å². The Bertz CT molecular complexity index is 485. The Morgan fingerprint density at radius 1 is 1.50 bits per heavy atom. The predicted octanol–water partition coefficient (Wildman–Crippen LogP) is 2.98. The first-order chi connectivity index (χ1) is 9.40. The Morgan fingerprint density at radius 2 is 2.25 bits per heavy atom. The molecule has 2 rings (SSSR count). The molecule has 0 saturated carbocycles. The van der Waals surface area contributed by atoms with Crippen LogP contribution in [0.2, 0.25) is 0 Å². The highest BCUT2D eigenvalue weighted by atomic mass is 32.2. The van der Waals surface area contributed by atoms with E-state index in [1.165, 1.54) is 12.0 Å². The normalized spacial score (nSPS) is 22.1. The van der Waals surface area contributed by atoms with Crippen molar-refractivity contribution in [2.24, 2.45) is 17.5 Å². The molecule has 0 bridgehead atoms. The maximum Gasteiger partial charge on any atom is 0.157 e. The Hall–Kier alpha value is -0.970. The number of hydrogen-bond donors (Lipinski definition) is 1. The first-order valence-corrected chi connectivity index (χ1v) is 8.34. The third-order valence-electron chi connectivity index (χ3n) is 3.71. The van der Waals surface area contributed by atoms with Crippen molar-refractivity contribution in [3.8, 4) is 0 Å². The number of aliphatic imine (C=N–C) groups is 1. The zero-order chi connectivity index (χ0) is 14.8. The van der Waals surface area contributed by atoms with E-state index in [2.05, 4.69) is 44.3 Å². The maximum absolute atomic E-state index is 4.75. The van der Waals surface area contributed by atoms with Crippen molar-refractivity contribution in [3.05, 3.63) is 17.5 Å². The van der Waals surface area contributed by atoms with Crippen molar-refractivity contribution in [2.75, 3.05) is 5.75 Å². The lowest BCUT2D eigenvalue weighted by atomic mass is 9.85. The van der Waals surface area contributed by atoms with E-state index < -0.39 is 0 Å². The van der Waals surface area contributed by atoms with Gasteiger partial charge in [-0.2, -0.15) is 5.10 Å². The highest BCUT2D eigenvalue weighted by molar-refractivity contribution is 8.13. The summed E-state index contributed by atoms with van der Waals surface area (Å²) in [6.45, 7) is 9.73. The summed E-state index contributed by atoms with van der Waals surface area (Å²) in [7, 11) is 1.97. The van der Waals surface area contributed by atoms with E-state index in [1.807, 2.05) is 23.5 Å². The van der Waals surface area contributed by atoms with Crippen molar-refractivity contribution in [3.63, 3.8) is 0 Å². The van der Waals surface area contributed by atoms with Gasteiger partial charge in [-0.25, -0.2) is 0 Å². The predicted molar refractivity (Wildman–Crippen MR) is 87.2 cm³/mol. The van der Waals surface area contributed by atoms with Gasteiger partial charge in [-0.3, -0.25) is 9.67 Å². The van der Waals surface area contributed by atoms with Crippen LogP contribution in [0.15, 0.2) is 11.2 Å². The van der Waals surface area contributed by atoms with Gasteiger partial charge in [-0.15, -0.1) is 0 Å². The number of thioether (sulfide) groups is 1. The van der Waals surface area contributed by atoms with Gasteiger partial charge in [0.15, 0.2) is 5.17 Å². The number of rotatable bonds is 3. The first-order valence-electron chi connectivity index (χ1n) is 7.35. The summed E-state index contributed by atoms with van der Waals surface area (Å²) in [4.78, 5) is 4.75. The molecule has 0 aliphatic carbocycles. The smallest absolute Gasteiger partial charge is 0.157 e. The van der Waals surface area contributed by atoms with Crippen LogP contribution in [0.1, 0.15) is 45.4 Å². The highest BCUT2D eigenvalue weighted by Crippen LogP contribution is 2.27. The molecule has 1 atom stereocenters. The van der Waals surface area contributed by atoms with Crippen LogP contribution < -0.4 is 5.32 Å². The third-order valence-corrected chi connectivity index (χ3v) is 4.67. The Balaban J connectivity index is 2.04. The SMILES string of the molecule is CCc1nn(C)cc1CN=C1NC(C(C)(C)C)CCS1. The van der Waals surface area contributed by atoms with Crippen LogP contribution in [-0.4, -0.2) is 26.7 Å². The van der Waals surface area contributed by atoms with Crippen LogP contribution in [0, 0.1) is 5.41 Å². The molecule has 1 aliphatic heterocycles. The molecule has 1 N–H and O–H groups in total. The van der Waals surface area contributed by atoms with Crippen molar-refractivity contribution >= 4 is 16.9 Å². The standard InChI is InChI=1S/C15H26N4S/c1-6-12-11(10-19(5)18-12)9-16-14-17-13(7-8-20-14)15(2,3)4/h10,13H,6-9H2,1-5H3,(H,16,17). The molecule has 1 unspecified atom stereocenters. The summed E-state index contributed by atoms with van der Waals surface area (Å²) in [6, 6.07) is 0.516. The van der Waals surface area contributed by atoms with Gasteiger partial charge in [0.25, 0.3) is 0 Å². The molecule has 1 fully saturated rings. The number of nitrogens with zero attached hydrogens (tertiary/aromatic N) is 3. The molecule has 0 radical (unpaired) electrons. The second-order valence-corrected chi connectivity index (χ2v) is 7.53. The van der Waals surface area contributed by atoms with E-state index in [-0.39, 0.29) is 5.41 Å². The van der Waals surface area contributed by atoms with E-state index in [0.717, 1.165) is 29.6 Å². The fourth-order valence-electron chi connectivity index (χ4n) is 2.45. The van der Waals surface area contributed by atoms with Crippen LogP contribution in [0.25, 0.3) is 0 Å². The van der Waals surface area contributed by atoms with Gasteiger partial charge in [0, 0.05) is 30.6 Å². The number of nitrogens with one attached hydrogen (secondary N) is 1. The molecule has 112 valence electrons. The Kier molecular flexibility index (Phi) is 4.78. The van der Waals surface area contributed by atoms with Gasteiger partial charge < -0.3 is 5.32 Å². The molecule has 20 heavy (non-hydrogen) atoms. The lowest BCUT2D eigenvalue weighted by molar-refractivity contribution is 0.290. The molecule has 1 saturated heterocycles. The average molecular weight is 294 g/mol. The zero-order valence-electron chi connectivity index (χ0n) is 13.2. The van der Waals surface area contributed by atoms with Crippen molar-refractivity contribution in [2.45, 2.75) is 53.1 Å². The number of hydrogen-bond acceptors (Lipinski definition) is 3. The minimum Gasteiger partial charge on any atom is -0.362 e. The Labute approximate surface area is 126 Å². The molecule has 1 aliphatic rings. The minimum absolute atomic E-state index is 0.282. The first kappa shape index (κ1) is 15.4. The maximum atomic E-state index is 4.75. The van der Waals surface area contributed by atoms with Crippen LogP contribution in [-0.2, 0) is 20.0 Å². The fourth-order valence-corrected chi connectivity index (χ4v) is 3.38. The molecular formula is C15H26N4S. The summed E-state index contributed by atoms with van der Waals surface area (Å²) in [5, 5.41) is 9.15. The van der Waals surface area contributed by atoms with Crippen LogP contribution >= 0.6 is 11.8 Å². The second-order valence-electron chi connectivity index (χ2n) is 6.45. The third kappa shape index (κ3) is 3.78. The fraction of sp³-hybridized carbons (Fsp3) is 0.733.